The summed E-state index contributed by atoms with van der Waals surface area (Å²) < 4.78 is 0. The Kier molecular flexibility index (Phi) is 4.66. The number of allylic oxidation sites excluding steroid dienone is 1. The fourth-order valence-corrected chi connectivity index (χ4v) is 2.11. The molecular formula is C17H17NO2. The summed E-state index contributed by atoms with van der Waals surface area (Å²) in [5.74, 6) is -0.902. The summed E-state index contributed by atoms with van der Waals surface area (Å²) in [7, 11) is 0. The lowest BCUT2D eigenvalue weighted by Crippen LogP contribution is -1.93. The third kappa shape index (κ3) is 3.79. The first-order valence-electron chi connectivity index (χ1n) is 6.60. The second-order valence-corrected chi connectivity index (χ2v) is 4.60. The Balaban J connectivity index is 2.16. The second kappa shape index (κ2) is 6.66. The molecule has 1 aromatic carbocycles. The van der Waals surface area contributed by atoms with Crippen LogP contribution in [-0.4, -0.2) is 16.1 Å². The van der Waals surface area contributed by atoms with Crippen LogP contribution in [0.25, 0.3) is 5.57 Å². The van der Waals surface area contributed by atoms with E-state index >= 15 is 0 Å². The minimum Gasteiger partial charge on any atom is -0.478 e. The first kappa shape index (κ1) is 14.0. The van der Waals surface area contributed by atoms with Gasteiger partial charge in [0.15, 0.2) is 0 Å². The lowest BCUT2D eigenvalue weighted by molar-refractivity contribution is -0.131. The van der Waals surface area contributed by atoms with Crippen molar-refractivity contribution in [2.75, 3.05) is 0 Å². The maximum absolute atomic E-state index is 10.8. The SMILES string of the molecule is CC/C(=C/C(=O)O)c1ccc(Cc2cccnc2)cc1. The van der Waals surface area contributed by atoms with E-state index in [0.717, 1.165) is 23.1 Å². The molecule has 3 nitrogen and oxygen atoms in total. The van der Waals surface area contributed by atoms with Crippen molar-refractivity contribution >= 4 is 11.5 Å². The van der Waals surface area contributed by atoms with Crippen LogP contribution in [0.5, 0.6) is 0 Å². The molecule has 0 radical (unpaired) electrons. The largest absolute Gasteiger partial charge is 0.478 e. The van der Waals surface area contributed by atoms with Crippen molar-refractivity contribution in [2.24, 2.45) is 0 Å². The maximum atomic E-state index is 10.8. The van der Waals surface area contributed by atoms with Crippen LogP contribution in [0, 0.1) is 0 Å². The van der Waals surface area contributed by atoms with Gasteiger partial charge in [0.05, 0.1) is 0 Å². The van der Waals surface area contributed by atoms with E-state index in [-0.39, 0.29) is 0 Å². The molecule has 0 fully saturated rings. The molecule has 102 valence electrons. The summed E-state index contributed by atoms with van der Waals surface area (Å²) in [6.45, 7) is 1.96. The van der Waals surface area contributed by atoms with E-state index < -0.39 is 5.97 Å². The van der Waals surface area contributed by atoms with Crippen LogP contribution in [0.1, 0.15) is 30.0 Å². The molecule has 0 spiro atoms. The number of benzene rings is 1. The molecule has 20 heavy (non-hydrogen) atoms. The van der Waals surface area contributed by atoms with Crippen LogP contribution in [0.15, 0.2) is 54.9 Å². The van der Waals surface area contributed by atoms with E-state index in [2.05, 4.69) is 4.98 Å². The molecule has 0 amide bonds. The highest BCUT2D eigenvalue weighted by molar-refractivity contribution is 5.89. The van der Waals surface area contributed by atoms with Crippen molar-refractivity contribution in [3.63, 3.8) is 0 Å². The number of carboxylic acids is 1. The van der Waals surface area contributed by atoms with Gasteiger partial charge in [-0.05, 0) is 41.2 Å². The molecule has 0 aliphatic heterocycles. The van der Waals surface area contributed by atoms with E-state index in [1.165, 1.54) is 11.6 Å². The molecule has 2 rings (SSSR count). The summed E-state index contributed by atoms with van der Waals surface area (Å²) in [4.78, 5) is 14.9. The second-order valence-electron chi connectivity index (χ2n) is 4.60. The highest BCUT2D eigenvalue weighted by Gasteiger charge is 2.03. The average molecular weight is 267 g/mol. The molecule has 2 aromatic rings. The molecule has 1 heterocycles. The van der Waals surface area contributed by atoms with Crippen molar-refractivity contribution in [1.29, 1.82) is 0 Å². The summed E-state index contributed by atoms with van der Waals surface area (Å²) in [6, 6.07) is 12.0. The number of rotatable bonds is 5. The molecule has 0 bridgehead atoms. The zero-order valence-corrected chi connectivity index (χ0v) is 11.4. The first-order chi connectivity index (χ1) is 9.69. The Hall–Kier alpha value is -2.42. The smallest absolute Gasteiger partial charge is 0.328 e. The molecule has 0 saturated carbocycles. The van der Waals surface area contributed by atoms with Crippen LogP contribution in [0.4, 0.5) is 0 Å². The number of carboxylic acid groups (broad SMARTS) is 1. The monoisotopic (exact) mass is 267 g/mol. The fourth-order valence-electron chi connectivity index (χ4n) is 2.11. The molecule has 0 unspecified atom stereocenters. The van der Waals surface area contributed by atoms with Crippen LogP contribution >= 0.6 is 0 Å². The summed E-state index contributed by atoms with van der Waals surface area (Å²) in [5, 5.41) is 8.84. The molecule has 1 aromatic heterocycles. The van der Waals surface area contributed by atoms with Crippen LogP contribution in [0.2, 0.25) is 0 Å². The number of nitrogens with zero attached hydrogens (tertiary/aromatic N) is 1. The Morgan fingerprint density at radius 1 is 1.20 bits per heavy atom. The van der Waals surface area contributed by atoms with Gasteiger partial charge in [0.2, 0.25) is 0 Å². The minimum absolute atomic E-state index is 0.703. The van der Waals surface area contributed by atoms with Gasteiger partial charge in [0.25, 0.3) is 0 Å². The molecular weight excluding hydrogens is 250 g/mol. The Morgan fingerprint density at radius 2 is 1.95 bits per heavy atom. The van der Waals surface area contributed by atoms with Gasteiger partial charge in [-0.25, -0.2) is 4.79 Å². The fraction of sp³-hybridized carbons (Fsp3) is 0.176. The van der Waals surface area contributed by atoms with Gasteiger partial charge in [-0.15, -0.1) is 0 Å². The van der Waals surface area contributed by atoms with Crippen molar-refractivity contribution in [1.82, 2.24) is 4.98 Å². The van der Waals surface area contributed by atoms with E-state index in [4.69, 9.17) is 5.11 Å². The molecule has 3 heteroatoms. The third-order valence-corrected chi connectivity index (χ3v) is 3.13. The minimum atomic E-state index is -0.902. The average Bonchev–Trinajstić information content (AvgIpc) is 2.46. The number of aromatic nitrogens is 1. The summed E-state index contributed by atoms with van der Waals surface area (Å²) in [5.41, 5.74) is 4.15. The number of aliphatic carboxylic acids is 1. The lowest BCUT2D eigenvalue weighted by atomic mass is 9.99. The van der Waals surface area contributed by atoms with Gasteiger partial charge < -0.3 is 5.11 Å². The van der Waals surface area contributed by atoms with Crippen LogP contribution < -0.4 is 0 Å². The normalized spacial score (nSPS) is 11.3. The van der Waals surface area contributed by atoms with Gasteiger partial charge >= 0.3 is 5.97 Å². The van der Waals surface area contributed by atoms with E-state index in [9.17, 15) is 4.79 Å². The summed E-state index contributed by atoms with van der Waals surface area (Å²) in [6.07, 6.45) is 6.43. The zero-order valence-electron chi connectivity index (χ0n) is 11.4. The van der Waals surface area contributed by atoms with Crippen molar-refractivity contribution in [3.8, 4) is 0 Å². The van der Waals surface area contributed by atoms with E-state index in [0.29, 0.717) is 6.42 Å². The first-order valence-corrected chi connectivity index (χ1v) is 6.60. The predicted molar refractivity (Wildman–Crippen MR) is 79.4 cm³/mol. The van der Waals surface area contributed by atoms with Gasteiger partial charge in [-0.2, -0.15) is 0 Å². The van der Waals surface area contributed by atoms with Crippen molar-refractivity contribution in [2.45, 2.75) is 19.8 Å². The highest BCUT2D eigenvalue weighted by atomic mass is 16.4. The van der Waals surface area contributed by atoms with E-state index in [1.54, 1.807) is 6.20 Å². The van der Waals surface area contributed by atoms with Crippen molar-refractivity contribution in [3.05, 3.63) is 71.6 Å². The highest BCUT2D eigenvalue weighted by Crippen LogP contribution is 2.19. The number of carbonyl (C=O) groups is 1. The summed E-state index contributed by atoms with van der Waals surface area (Å²) >= 11 is 0. The Bertz CT molecular complexity index is 601. The van der Waals surface area contributed by atoms with Gasteiger partial charge in [0, 0.05) is 18.5 Å². The van der Waals surface area contributed by atoms with Crippen LogP contribution in [0.3, 0.4) is 0 Å². The Labute approximate surface area is 118 Å². The topological polar surface area (TPSA) is 50.2 Å². The Morgan fingerprint density at radius 3 is 2.50 bits per heavy atom. The number of hydrogen-bond donors (Lipinski definition) is 1. The van der Waals surface area contributed by atoms with Gasteiger partial charge in [-0.3, -0.25) is 4.98 Å². The molecule has 0 aliphatic carbocycles. The number of hydrogen-bond acceptors (Lipinski definition) is 2. The standard InChI is InChI=1S/C17H17NO2/c1-2-15(11-17(19)20)16-7-5-13(6-8-16)10-14-4-3-9-18-12-14/h3-9,11-12H,2,10H2,1H3,(H,19,20)/b15-11-. The number of pyridine rings is 1. The zero-order chi connectivity index (χ0) is 14.4. The molecule has 0 aliphatic rings. The van der Waals surface area contributed by atoms with Gasteiger partial charge in [0.1, 0.15) is 0 Å². The van der Waals surface area contributed by atoms with Crippen molar-refractivity contribution < 1.29 is 9.90 Å². The van der Waals surface area contributed by atoms with E-state index in [1.807, 2.05) is 49.5 Å². The van der Waals surface area contributed by atoms with Gasteiger partial charge in [-0.1, -0.05) is 37.3 Å². The third-order valence-electron chi connectivity index (χ3n) is 3.13. The maximum Gasteiger partial charge on any atom is 0.328 e. The molecule has 0 atom stereocenters. The lowest BCUT2D eigenvalue weighted by Gasteiger charge is -2.06. The van der Waals surface area contributed by atoms with Crippen LogP contribution in [-0.2, 0) is 11.2 Å². The molecule has 1 N–H and O–H groups in total. The predicted octanol–water partition coefficient (Wildman–Crippen LogP) is 3.55. The quantitative estimate of drug-likeness (QED) is 0.843. The molecule has 0 saturated heterocycles.